The van der Waals surface area contributed by atoms with Crippen LogP contribution in [0.15, 0.2) is 59.4 Å². The maximum absolute atomic E-state index is 13.3. The summed E-state index contributed by atoms with van der Waals surface area (Å²) in [4.78, 5) is 26.1. The molecule has 4 rings (SSSR count). The Labute approximate surface area is 185 Å². The van der Waals surface area contributed by atoms with Crippen LogP contribution in [-0.4, -0.2) is 32.6 Å². The van der Waals surface area contributed by atoms with Gasteiger partial charge < -0.3 is 10.1 Å². The largest absolute Gasteiger partial charge is 0.497 e. The molecule has 0 unspecified atom stereocenters. The number of benzene rings is 2. The minimum Gasteiger partial charge on any atom is -0.497 e. The smallest absolute Gasteiger partial charge is 0.278 e. The average molecular weight is 431 g/mol. The van der Waals surface area contributed by atoms with Gasteiger partial charge in [-0.3, -0.25) is 9.59 Å². The number of hydrogen-bond donors (Lipinski definition) is 1. The first-order chi connectivity index (χ1) is 15.4. The summed E-state index contributed by atoms with van der Waals surface area (Å²) >= 11 is 0. The molecule has 2 aromatic carbocycles. The van der Waals surface area contributed by atoms with Crippen molar-refractivity contribution in [1.29, 1.82) is 0 Å². The Morgan fingerprint density at radius 2 is 1.84 bits per heavy atom. The minimum atomic E-state index is -0.782. The normalized spacial score (nSPS) is 12.0. The molecule has 0 aliphatic carbocycles. The summed E-state index contributed by atoms with van der Waals surface area (Å²) in [5.74, 6) is 0.420. The van der Waals surface area contributed by atoms with E-state index in [1.54, 1.807) is 25.6 Å². The number of methoxy groups -OCH3 is 1. The van der Waals surface area contributed by atoms with E-state index in [1.807, 2.05) is 61.5 Å². The fraction of sp³-hybridized carbons (Fsp3) is 0.250. The molecule has 0 saturated heterocycles. The second-order valence-corrected chi connectivity index (χ2v) is 7.64. The molecular formula is C24H25N5O3. The molecule has 8 nitrogen and oxygen atoms in total. The lowest BCUT2D eigenvalue weighted by Crippen LogP contribution is -2.37. The zero-order chi connectivity index (χ0) is 22.8. The van der Waals surface area contributed by atoms with E-state index in [1.165, 1.54) is 4.68 Å². The van der Waals surface area contributed by atoms with Crippen molar-refractivity contribution in [2.75, 3.05) is 7.11 Å². The summed E-state index contributed by atoms with van der Waals surface area (Å²) in [7, 11) is 1.60. The number of amides is 1. The third kappa shape index (κ3) is 3.87. The average Bonchev–Trinajstić information content (AvgIpc) is 3.18. The van der Waals surface area contributed by atoms with Gasteiger partial charge in [-0.05, 0) is 50.6 Å². The third-order valence-corrected chi connectivity index (χ3v) is 5.49. The lowest BCUT2D eigenvalue weighted by Gasteiger charge is -2.15. The first-order valence-corrected chi connectivity index (χ1v) is 10.4. The Morgan fingerprint density at radius 1 is 1.09 bits per heavy atom. The van der Waals surface area contributed by atoms with Crippen molar-refractivity contribution in [3.63, 3.8) is 0 Å². The molecule has 1 N–H and O–H groups in total. The van der Waals surface area contributed by atoms with E-state index >= 15 is 0 Å². The van der Waals surface area contributed by atoms with Crippen molar-refractivity contribution in [1.82, 2.24) is 24.9 Å². The molecule has 0 bridgehead atoms. The molecule has 0 aliphatic heterocycles. The Balaban J connectivity index is 1.65. The molecule has 0 radical (unpaired) electrons. The Bertz CT molecular complexity index is 1340. The molecule has 1 atom stereocenters. The first-order valence-electron chi connectivity index (χ1n) is 10.4. The van der Waals surface area contributed by atoms with Gasteiger partial charge in [-0.25, -0.2) is 9.36 Å². The summed E-state index contributed by atoms with van der Waals surface area (Å²) in [5.41, 5.74) is 3.25. The Kier molecular flexibility index (Phi) is 5.77. The lowest BCUT2D eigenvalue weighted by molar-refractivity contribution is -0.124. The van der Waals surface area contributed by atoms with Crippen molar-refractivity contribution < 1.29 is 9.53 Å². The van der Waals surface area contributed by atoms with Gasteiger partial charge in [0, 0.05) is 6.54 Å². The molecule has 4 aromatic rings. The number of rotatable bonds is 6. The van der Waals surface area contributed by atoms with Crippen molar-refractivity contribution in [3.05, 3.63) is 81.9 Å². The maximum atomic E-state index is 13.3. The van der Waals surface area contributed by atoms with E-state index in [0.29, 0.717) is 28.8 Å². The second kappa shape index (κ2) is 8.66. The lowest BCUT2D eigenvalue weighted by atomic mass is 10.2. The minimum absolute atomic E-state index is 0.297. The number of hydrogen-bond acceptors (Lipinski definition) is 5. The molecule has 2 aromatic heterocycles. The summed E-state index contributed by atoms with van der Waals surface area (Å²) in [6.07, 6.45) is 0. The van der Waals surface area contributed by atoms with Crippen LogP contribution in [0.5, 0.6) is 5.75 Å². The number of fused-ring (bicyclic) bond motifs is 1. The molecular weight excluding hydrogens is 406 g/mol. The van der Waals surface area contributed by atoms with Crippen molar-refractivity contribution in [3.8, 4) is 11.4 Å². The quantitative estimate of drug-likeness (QED) is 0.507. The van der Waals surface area contributed by atoms with Gasteiger partial charge in [-0.1, -0.05) is 30.3 Å². The number of carbonyl (C=O) groups excluding carboxylic acids is 1. The standard InChI is InChI=1S/C24H25N5O3/c1-15-22-21(16(2)28(27-22)19-10-6-5-7-11-19)24(31)29(26-15)17(3)23(30)25-14-18-9-8-12-20(13-18)32-4/h5-13,17H,14H2,1-4H3,(H,25,30)/t17-/m0/s1. The van der Waals surface area contributed by atoms with E-state index in [2.05, 4.69) is 15.5 Å². The number of nitrogens with one attached hydrogen (secondary N) is 1. The molecule has 0 saturated carbocycles. The number of carbonyl (C=O) groups is 1. The van der Waals surface area contributed by atoms with E-state index in [9.17, 15) is 9.59 Å². The van der Waals surface area contributed by atoms with Gasteiger partial charge in [0.1, 0.15) is 17.3 Å². The van der Waals surface area contributed by atoms with Crippen LogP contribution in [0.3, 0.4) is 0 Å². The molecule has 0 spiro atoms. The predicted octanol–water partition coefficient (Wildman–Crippen LogP) is 3.09. The zero-order valence-electron chi connectivity index (χ0n) is 18.5. The number of aryl methyl sites for hydroxylation is 2. The van der Waals surface area contributed by atoms with Gasteiger partial charge in [0.15, 0.2) is 0 Å². The summed E-state index contributed by atoms with van der Waals surface area (Å²) in [5, 5.41) is 12.3. The number of ether oxygens (including phenoxy) is 1. The zero-order valence-corrected chi connectivity index (χ0v) is 18.5. The summed E-state index contributed by atoms with van der Waals surface area (Å²) in [6, 6.07) is 16.3. The van der Waals surface area contributed by atoms with Gasteiger partial charge >= 0.3 is 0 Å². The molecule has 0 aliphatic rings. The molecule has 0 fully saturated rings. The van der Waals surface area contributed by atoms with Crippen LogP contribution in [0.2, 0.25) is 0 Å². The van der Waals surface area contributed by atoms with Crippen molar-refractivity contribution in [2.24, 2.45) is 0 Å². The Hall–Kier alpha value is -3.94. The first kappa shape index (κ1) is 21.3. The van der Waals surface area contributed by atoms with Crippen LogP contribution in [0.4, 0.5) is 0 Å². The topological polar surface area (TPSA) is 91.0 Å². The van der Waals surface area contributed by atoms with E-state index in [0.717, 1.165) is 17.0 Å². The Morgan fingerprint density at radius 3 is 2.56 bits per heavy atom. The SMILES string of the molecule is COc1cccc(CNC(=O)[C@H](C)n2nc(C)c3nn(-c4ccccc4)c(C)c3c2=O)c1. The third-order valence-electron chi connectivity index (χ3n) is 5.49. The van der Waals surface area contributed by atoms with Crippen LogP contribution in [0.25, 0.3) is 16.6 Å². The monoisotopic (exact) mass is 431 g/mol. The molecule has 1 amide bonds. The summed E-state index contributed by atoms with van der Waals surface area (Å²) < 4.78 is 8.19. The van der Waals surface area contributed by atoms with Crippen molar-refractivity contribution >= 4 is 16.8 Å². The number of aromatic nitrogens is 4. The van der Waals surface area contributed by atoms with Gasteiger partial charge in [-0.15, -0.1) is 0 Å². The van der Waals surface area contributed by atoms with Crippen molar-refractivity contribution in [2.45, 2.75) is 33.4 Å². The van der Waals surface area contributed by atoms with Gasteiger partial charge in [0.2, 0.25) is 5.91 Å². The summed E-state index contributed by atoms with van der Waals surface area (Å²) in [6.45, 7) is 5.63. The maximum Gasteiger partial charge on any atom is 0.278 e. The molecule has 32 heavy (non-hydrogen) atoms. The number of para-hydroxylation sites is 1. The highest BCUT2D eigenvalue weighted by atomic mass is 16.5. The fourth-order valence-electron chi connectivity index (χ4n) is 3.69. The molecule has 164 valence electrons. The van der Waals surface area contributed by atoms with Crippen LogP contribution in [0.1, 0.15) is 29.9 Å². The van der Waals surface area contributed by atoms with Crippen LogP contribution in [0, 0.1) is 13.8 Å². The number of nitrogens with zero attached hydrogens (tertiary/aromatic N) is 4. The highest BCUT2D eigenvalue weighted by molar-refractivity contribution is 5.84. The van der Waals surface area contributed by atoms with E-state index < -0.39 is 6.04 Å². The van der Waals surface area contributed by atoms with Crippen LogP contribution in [-0.2, 0) is 11.3 Å². The predicted molar refractivity (Wildman–Crippen MR) is 122 cm³/mol. The van der Waals surface area contributed by atoms with E-state index in [4.69, 9.17) is 4.74 Å². The highest BCUT2D eigenvalue weighted by Gasteiger charge is 2.23. The van der Waals surface area contributed by atoms with Gasteiger partial charge in [-0.2, -0.15) is 10.2 Å². The van der Waals surface area contributed by atoms with E-state index in [-0.39, 0.29) is 11.5 Å². The van der Waals surface area contributed by atoms with Gasteiger partial charge in [0.05, 0.1) is 29.6 Å². The second-order valence-electron chi connectivity index (χ2n) is 7.64. The van der Waals surface area contributed by atoms with Crippen LogP contribution >= 0.6 is 0 Å². The molecule has 2 heterocycles. The molecule has 8 heteroatoms. The van der Waals surface area contributed by atoms with Crippen LogP contribution < -0.4 is 15.6 Å². The van der Waals surface area contributed by atoms with Gasteiger partial charge in [0.25, 0.3) is 5.56 Å². The fourth-order valence-corrected chi connectivity index (χ4v) is 3.69. The highest BCUT2D eigenvalue weighted by Crippen LogP contribution is 2.20.